The summed E-state index contributed by atoms with van der Waals surface area (Å²) in [6.45, 7) is 4.97. The molecule has 2 aromatic carbocycles. The Labute approximate surface area is 177 Å². The summed E-state index contributed by atoms with van der Waals surface area (Å²) in [5.74, 6) is -1.01. The number of hydrogen-bond acceptors (Lipinski definition) is 3. The van der Waals surface area contributed by atoms with E-state index in [4.69, 9.17) is 4.74 Å². The van der Waals surface area contributed by atoms with Crippen molar-refractivity contribution in [1.29, 1.82) is 0 Å². The fourth-order valence-corrected chi connectivity index (χ4v) is 3.64. The van der Waals surface area contributed by atoms with Crippen molar-refractivity contribution in [3.05, 3.63) is 71.5 Å². The van der Waals surface area contributed by atoms with Gasteiger partial charge in [0.15, 0.2) is 0 Å². The Bertz CT molecular complexity index is 833. The molecule has 1 saturated heterocycles. The molecule has 2 atom stereocenters. The van der Waals surface area contributed by atoms with Gasteiger partial charge in [-0.3, -0.25) is 9.59 Å². The monoisotopic (exact) mass is 412 g/mol. The van der Waals surface area contributed by atoms with E-state index in [1.807, 2.05) is 44.2 Å². The van der Waals surface area contributed by atoms with Crippen LogP contribution in [0.15, 0.2) is 54.6 Å². The van der Waals surface area contributed by atoms with Gasteiger partial charge in [0.1, 0.15) is 11.9 Å². The quantitative estimate of drug-likeness (QED) is 0.717. The van der Waals surface area contributed by atoms with Crippen LogP contribution in [-0.4, -0.2) is 36.0 Å². The Kier molecular flexibility index (Phi) is 7.57. The Morgan fingerprint density at radius 2 is 1.83 bits per heavy atom. The second-order valence-corrected chi connectivity index (χ2v) is 7.94. The number of nitrogens with one attached hydrogen (secondary N) is 1. The molecule has 3 rings (SSSR count). The normalized spacial score (nSPS) is 17.0. The number of benzene rings is 2. The topological polar surface area (TPSA) is 58.6 Å². The number of amides is 2. The molecule has 0 aromatic heterocycles. The SMILES string of the molecule is CC(C)C(=O)N(Cc1ccc(F)cc1)[C@H](C(=O)NC[C@@H]1CCCO1)c1ccccc1. The molecule has 0 bridgehead atoms. The van der Waals surface area contributed by atoms with Gasteiger partial charge in [0, 0.05) is 25.6 Å². The minimum atomic E-state index is -0.785. The van der Waals surface area contributed by atoms with E-state index < -0.39 is 6.04 Å². The van der Waals surface area contributed by atoms with Crippen molar-refractivity contribution in [3.63, 3.8) is 0 Å². The summed E-state index contributed by atoms with van der Waals surface area (Å²) in [6, 6.07) is 14.5. The Hall–Kier alpha value is -2.73. The van der Waals surface area contributed by atoms with Gasteiger partial charge in [-0.1, -0.05) is 56.3 Å². The summed E-state index contributed by atoms with van der Waals surface area (Å²) >= 11 is 0. The predicted molar refractivity (Wildman–Crippen MR) is 113 cm³/mol. The molecule has 1 aliphatic rings. The third kappa shape index (κ3) is 5.66. The molecule has 1 heterocycles. The van der Waals surface area contributed by atoms with Crippen LogP contribution in [0.3, 0.4) is 0 Å². The minimum absolute atomic E-state index is 0.0109. The lowest BCUT2D eigenvalue weighted by Gasteiger charge is -2.33. The molecular weight excluding hydrogens is 383 g/mol. The zero-order valence-corrected chi connectivity index (χ0v) is 17.5. The second-order valence-electron chi connectivity index (χ2n) is 7.94. The fraction of sp³-hybridized carbons (Fsp3) is 0.417. The van der Waals surface area contributed by atoms with E-state index in [0.717, 1.165) is 24.0 Å². The van der Waals surface area contributed by atoms with E-state index in [-0.39, 0.29) is 36.2 Å². The highest BCUT2D eigenvalue weighted by atomic mass is 19.1. The van der Waals surface area contributed by atoms with Crippen LogP contribution >= 0.6 is 0 Å². The van der Waals surface area contributed by atoms with Crippen molar-refractivity contribution in [1.82, 2.24) is 10.2 Å². The van der Waals surface area contributed by atoms with E-state index in [2.05, 4.69) is 5.32 Å². The molecule has 5 nitrogen and oxygen atoms in total. The van der Waals surface area contributed by atoms with E-state index in [0.29, 0.717) is 13.2 Å². The number of nitrogens with zero attached hydrogens (tertiary/aromatic N) is 1. The molecule has 0 saturated carbocycles. The highest BCUT2D eigenvalue weighted by molar-refractivity contribution is 5.89. The van der Waals surface area contributed by atoms with E-state index >= 15 is 0 Å². The molecule has 1 aliphatic heterocycles. The van der Waals surface area contributed by atoms with Gasteiger partial charge >= 0.3 is 0 Å². The molecule has 30 heavy (non-hydrogen) atoms. The number of hydrogen-bond donors (Lipinski definition) is 1. The zero-order valence-electron chi connectivity index (χ0n) is 17.5. The number of carbonyl (C=O) groups excluding carboxylic acids is 2. The molecule has 0 aliphatic carbocycles. The van der Waals surface area contributed by atoms with Crippen molar-refractivity contribution in [2.75, 3.05) is 13.2 Å². The molecule has 1 N–H and O–H groups in total. The number of carbonyl (C=O) groups is 2. The first kappa shape index (κ1) is 22.0. The number of halogens is 1. The summed E-state index contributed by atoms with van der Waals surface area (Å²) in [5.41, 5.74) is 1.50. The van der Waals surface area contributed by atoms with Gasteiger partial charge in [0.05, 0.1) is 6.10 Å². The second kappa shape index (κ2) is 10.3. The predicted octanol–water partition coefficient (Wildman–Crippen LogP) is 3.85. The molecule has 2 amide bonds. The van der Waals surface area contributed by atoms with Crippen LogP contribution in [0, 0.1) is 11.7 Å². The van der Waals surface area contributed by atoms with Crippen molar-refractivity contribution < 1.29 is 18.7 Å². The largest absolute Gasteiger partial charge is 0.376 e. The van der Waals surface area contributed by atoms with Gasteiger partial charge in [0.25, 0.3) is 0 Å². The van der Waals surface area contributed by atoms with E-state index in [1.54, 1.807) is 17.0 Å². The van der Waals surface area contributed by atoms with Gasteiger partial charge < -0.3 is 15.0 Å². The first-order chi connectivity index (χ1) is 14.5. The molecule has 6 heteroatoms. The lowest BCUT2D eigenvalue weighted by atomic mass is 10.0. The van der Waals surface area contributed by atoms with Gasteiger partial charge in [0.2, 0.25) is 11.8 Å². The van der Waals surface area contributed by atoms with Crippen LogP contribution in [-0.2, 0) is 20.9 Å². The third-order valence-electron chi connectivity index (χ3n) is 5.25. The fourth-order valence-electron chi connectivity index (χ4n) is 3.64. The van der Waals surface area contributed by atoms with Gasteiger partial charge in [-0.2, -0.15) is 0 Å². The zero-order chi connectivity index (χ0) is 21.5. The minimum Gasteiger partial charge on any atom is -0.376 e. The lowest BCUT2D eigenvalue weighted by Crippen LogP contribution is -2.46. The van der Waals surface area contributed by atoms with Crippen molar-refractivity contribution in [2.45, 2.75) is 45.4 Å². The van der Waals surface area contributed by atoms with Crippen LogP contribution in [0.2, 0.25) is 0 Å². The third-order valence-corrected chi connectivity index (χ3v) is 5.25. The molecular formula is C24H29FN2O3. The first-order valence-electron chi connectivity index (χ1n) is 10.4. The summed E-state index contributed by atoms with van der Waals surface area (Å²) in [6.07, 6.45) is 1.92. The Balaban J connectivity index is 1.89. The molecule has 160 valence electrons. The summed E-state index contributed by atoms with van der Waals surface area (Å²) in [4.78, 5) is 28.0. The van der Waals surface area contributed by atoms with Crippen LogP contribution < -0.4 is 5.32 Å². The smallest absolute Gasteiger partial charge is 0.247 e. The molecule has 2 aromatic rings. The van der Waals surface area contributed by atoms with Crippen LogP contribution in [0.4, 0.5) is 4.39 Å². The maximum absolute atomic E-state index is 13.4. The maximum atomic E-state index is 13.4. The van der Waals surface area contributed by atoms with Crippen molar-refractivity contribution in [3.8, 4) is 0 Å². The van der Waals surface area contributed by atoms with Crippen molar-refractivity contribution in [2.24, 2.45) is 5.92 Å². The summed E-state index contributed by atoms with van der Waals surface area (Å²) in [7, 11) is 0. The van der Waals surface area contributed by atoms with E-state index in [1.165, 1.54) is 12.1 Å². The van der Waals surface area contributed by atoms with Crippen LogP contribution in [0.25, 0.3) is 0 Å². The van der Waals surface area contributed by atoms with Crippen molar-refractivity contribution >= 4 is 11.8 Å². The van der Waals surface area contributed by atoms with Crippen LogP contribution in [0.1, 0.15) is 43.9 Å². The highest BCUT2D eigenvalue weighted by Crippen LogP contribution is 2.26. The number of rotatable bonds is 8. The van der Waals surface area contributed by atoms with Gasteiger partial charge in [-0.05, 0) is 36.1 Å². The average Bonchev–Trinajstić information content (AvgIpc) is 3.27. The number of ether oxygens (including phenoxy) is 1. The Morgan fingerprint density at radius 1 is 1.13 bits per heavy atom. The standard InChI is InChI=1S/C24H29FN2O3/c1-17(2)24(29)27(16-18-10-12-20(25)13-11-18)22(19-7-4-3-5-8-19)23(28)26-15-21-9-6-14-30-21/h3-5,7-8,10-13,17,21-22H,6,9,14-16H2,1-2H3,(H,26,28)/t21-,22-/m0/s1. The molecule has 0 spiro atoms. The Morgan fingerprint density at radius 3 is 2.43 bits per heavy atom. The average molecular weight is 413 g/mol. The van der Waals surface area contributed by atoms with E-state index in [9.17, 15) is 14.0 Å². The molecule has 0 radical (unpaired) electrons. The van der Waals surface area contributed by atoms with Gasteiger partial charge in [-0.15, -0.1) is 0 Å². The highest BCUT2D eigenvalue weighted by Gasteiger charge is 2.33. The summed E-state index contributed by atoms with van der Waals surface area (Å²) in [5, 5.41) is 2.97. The summed E-state index contributed by atoms with van der Waals surface area (Å²) < 4.78 is 19.0. The first-order valence-corrected chi connectivity index (χ1v) is 10.4. The lowest BCUT2D eigenvalue weighted by molar-refractivity contribution is -0.144. The van der Waals surface area contributed by atoms with Crippen LogP contribution in [0.5, 0.6) is 0 Å². The maximum Gasteiger partial charge on any atom is 0.247 e. The molecule has 1 fully saturated rings. The van der Waals surface area contributed by atoms with Gasteiger partial charge in [-0.25, -0.2) is 4.39 Å². The molecule has 0 unspecified atom stereocenters.